The van der Waals surface area contributed by atoms with E-state index in [1.807, 2.05) is 6.07 Å². The second-order valence-electron chi connectivity index (χ2n) is 13.0. The molecule has 0 radical (unpaired) electrons. The van der Waals surface area contributed by atoms with Crippen LogP contribution in [0.2, 0.25) is 0 Å². The highest BCUT2D eigenvalue weighted by Gasteiger charge is 2.75. The van der Waals surface area contributed by atoms with Crippen molar-refractivity contribution in [2.45, 2.75) is 81.0 Å². The van der Waals surface area contributed by atoms with E-state index in [9.17, 15) is 22.8 Å². The van der Waals surface area contributed by atoms with Crippen molar-refractivity contribution in [3.63, 3.8) is 0 Å². The molecule has 1 spiro atoms. The number of benzene rings is 2. The van der Waals surface area contributed by atoms with E-state index in [0.29, 0.717) is 42.2 Å². The number of carbonyl (C=O) groups is 2. The molecular weight excluding hydrogens is 589 g/mol. The van der Waals surface area contributed by atoms with E-state index in [-0.39, 0.29) is 29.7 Å². The largest absolute Gasteiger partial charge is 0.573 e. The number of methoxy groups -OCH3 is 1. The van der Waals surface area contributed by atoms with Crippen LogP contribution in [-0.4, -0.2) is 79.1 Å². The highest BCUT2D eigenvalue weighted by Crippen LogP contribution is 2.67. The topological polar surface area (TPSA) is 77.5 Å². The van der Waals surface area contributed by atoms with Gasteiger partial charge in [0, 0.05) is 32.2 Å². The van der Waals surface area contributed by atoms with E-state index in [1.54, 1.807) is 25.1 Å². The minimum Gasteiger partial charge on any atom is -0.493 e. The third-order valence-corrected chi connectivity index (χ3v) is 10.6. The van der Waals surface area contributed by atoms with Crippen molar-refractivity contribution >= 4 is 18.0 Å². The maximum absolute atomic E-state index is 13.6. The van der Waals surface area contributed by atoms with Gasteiger partial charge in [0.1, 0.15) is 17.5 Å². The molecule has 11 heteroatoms. The molecule has 5 atom stereocenters. The van der Waals surface area contributed by atoms with Crippen molar-refractivity contribution < 1.29 is 41.7 Å². The molecule has 1 saturated heterocycles. The number of rotatable bonds is 8. The first-order chi connectivity index (χ1) is 21.5. The average Bonchev–Trinajstić information content (AvgIpc) is 3.73. The van der Waals surface area contributed by atoms with Crippen LogP contribution >= 0.6 is 0 Å². The lowest BCUT2D eigenvalue weighted by molar-refractivity contribution is -0.274. The molecule has 1 amide bonds. The number of likely N-dealkylation sites (N-methyl/N-ethyl adjacent to an activating group) is 1. The van der Waals surface area contributed by atoms with E-state index in [1.165, 1.54) is 50.1 Å². The third-order valence-electron chi connectivity index (χ3n) is 10.6. The summed E-state index contributed by atoms with van der Waals surface area (Å²) in [5.74, 6) is 0.944. The maximum atomic E-state index is 13.6. The molecule has 45 heavy (non-hydrogen) atoms. The Morgan fingerprint density at radius 1 is 1.16 bits per heavy atom. The summed E-state index contributed by atoms with van der Waals surface area (Å²) in [4.78, 5) is 30.7. The van der Waals surface area contributed by atoms with Crippen molar-refractivity contribution in [2.24, 2.45) is 5.92 Å². The summed E-state index contributed by atoms with van der Waals surface area (Å²) in [5.41, 5.74) is 1.10. The number of ether oxygens (including phenoxy) is 4. The van der Waals surface area contributed by atoms with Crippen LogP contribution in [0.25, 0.3) is 6.08 Å². The fourth-order valence-corrected chi connectivity index (χ4v) is 8.70. The number of likely N-dealkylation sites (tertiary alicyclic amines) is 1. The van der Waals surface area contributed by atoms with Crippen molar-refractivity contribution in [1.29, 1.82) is 0 Å². The smallest absolute Gasteiger partial charge is 0.493 e. The predicted molar refractivity (Wildman–Crippen MR) is 158 cm³/mol. The molecule has 3 fully saturated rings. The molecule has 2 aromatic carbocycles. The lowest BCUT2D eigenvalue weighted by Gasteiger charge is -2.65. The number of hydrogen-bond acceptors (Lipinski definition) is 7. The molecular formula is C34H37F3N2O6. The molecule has 2 unspecified atom stereocenters. The Balaban J connectivity index is 1.24. The van der Waals surface area contributed by atoms with Gasteiger partial charge in [-0.2, -0.15) is 0 Å². The molecule has 8 nitrogen and oxygen atoms in total. The van der Waals surface area contributed by atoms with Gasteiger partial charge in [-0.15, -0.1) is 13.2 Å². The van der Waals surface area contributed by atoms with Gasteiger partial charge in [-0.1, -0.05) is 18.2 Å². The summed E-state index contributed by atoms with van der Waals surface area (Å²) in [6.07, 6.45) is 2.54. The summed E-state index contributed by atoms with van der Waals surface area (Å²) >= 11 is 0. The van der Waals surface area contributed by atoms with E-state index < -0.39 is 23.5 Å². The first kappa shape index (κ1) is 30.0. The van der Waals surface area contributed by atoms with Crippen LogP contribution in [0.4, 0.5) is 13.2 Å². The molecule has 0 N–H and O–H groups in total. The van der Waals surface area contributed by atoms with Gasteiger partial charge in [-0.25, -0.2) is 0 Å². The number of esters is 1. The SMILES string of the molecule is COc1ccc2c3c1OC1C(N(C)C(=O)/C=C/c4cccc(OC(F)(F)F)c4)CC[C@@]4(OC(C)=O)[C@@H](C2)N(CC2CC2)CC[C@]314. The van der Waals surface area contributed by atoms with Crippen LogP contribution in [0, 0.1) is 5.92 Å². The Morgan fingerprint density at radius 2 is 1.96 bits per heavy atom. The summed E-state index contributed by atoms with van der Waals surface area (Å²) in [6, 6.07) is 9.15. The number of carbonyl (C=O) groups excluding carboxylic acids is 2. The van der Waals surface area contributed by atoms with Gasteiger partial charge in [-0.05, 0) is 86.4 Å². The molecule has 7 rings (SSSR count). The Kier molecular flexibility index (Phi) is 7.11. The van der Waals surface area contributed by atoms with Gasteiger partial charge in [0.25, 0.3) is 0 Å². The molecule has 2 bridgehead atoms. The molecule has 2 aliphatic heterocycles. The summed E-state index contributed by atoms with van der Waals surface area (Å²) in [7, 11) is 3.33. The highest BCUT2D eigenvalue weighted by molar-refractivity contribution is 5.92. The van der Waals surface area contributed by atoms with Gasteiger partial charge in [0.05, 0.1) is 24.6 Å². The number of piperidine rings is 1. The van der Waals surface area contributed by atoms with E-state index >= 15 is 0 Å². The predicted octanol–water partition coefficient (Wildman–Crippen LogP) is 5.27. The van der Waals surface area contributed by atoms with Crippen LogP contribution < -0.4 is 14.2 Å². The normalized spacial score (nSPS) is 30.0. The molecule has 240 valence electrons. The van der Waals surface area contributed by atoms with Gasteiger partial charge in [0.2, 0.25) is 5.91 Å². The van der Waals surface area contributed by atoms with Crippen molar-refractivity contribution in [3.8, 4) is 17.2 Å². The molecule has 5 aliphatic rings. The Morgan fingerprint density at radius 3 is 2.67 bits per heavy atom. The monoisotopic (exact) mass is 626 g/mol. The standard InChI is InChI=1S/C34H37F3N2O6/c1-20(40)44-33-14-13-25(38(2)28(41)12-9-21-5-4-6-24(17-21)45-34(35,36)37)31-32(33)15-16-39(19-22-7-8-22)27(33)18-23-10-11-26(42-3)30(43-31)29(23)32/h4-6,9-12,17,22,25,27,31H,7-8,13-16,18-19H2,1-3H3/b12-9+/t25?,27-,31?,32+,33-/m1/s1. The molecule has 0 aromatic heterocycles. The van der Waals surface area contributed by atoms with E-state index in [2.05, 4.69) is 15.7 Å². The van der Waals surface area contributed by atoms with Crippen molar-refractivity contribution in [3.05, 3.63) is 59.2 Å². The second kappa shape index (κ2) is 10.7. The zero-order valence-electron chi connectivity index (χ0n) is 25.6. The van der Waals surface area contributed by atoms with Crippen molar-refractivity contribution in [2.75, 3.05) is 27.2 Å². The molecule has 3 aliphatic carbocycles. The Hall–Kier alpha value is -3.73. The van der Waals surface area contributed by atoms with Gasteiger partial charge < -0.3 is 23.8 Å². The highest BCUT2D eigenvalue weighted by atomic mass is 19.4. The Bertz CT molecular complexity index is 1560. The van der Waals surface area contributed by atoms with Crippen LogP contribution in [-0.2, 0) is 26.2 Å². The number of nitrogens with zero attached hydrogens (tertiary/aromatic N) is 2. The summed E-state index contributed by atoms with van der Waals surface area (Å²) < 4.78 is 61.4. The number of alkyl halides is 3. The minimum atomic E-state index is -4.81. The van der Waals surface area contributed by atoms with Crippen molar-refractivity contribution in [1.82, 2.24) is 9.80 Å². The summed E-state index contributed by atoms with van der Waals surface area (Å²) in [6.45, 7) is 3.29. The summed E-state index contributed by atoms with van der Waals surface area (Å²) in [5, 5.41) is 0. The number of amides is 1. The first-order valence-corrected chi connectivity index (χ1v) is 15.6. The van der Waals surface area contributed by atoms with E-state index in [4.69, 9.17) is 14.2 Å². The van der Waals surface area contributed by atoms with Crippen LogP contribution in [0.5, 0.6) is 17.2 Å². The van der Waals surface area contributed by atoms with Crippen LogP contribution in [0.3, 0.4) is 0 Å². The minimum absolute atomic E-state index is 0.0123. The molecule has 2 saturated carbocycles. The quantitative estimate of drug-likeness (QED) is 0.292. The molecule has 2 heterocycles. The average molecular weight is 627 g/mol. The lowest BCUT2D eigenvalue weighted by atomic mass is 9.48. The number of halogens is 3. The van der Waals surface area contributed by atoms with Gasteiger partial charge in [-0.3, -0.25) is 14.5 Å². The fourth-order valence-electron chi connectivity index (χ4n) is 8.70. The third kappa shape index (κ3) is 4.85. The van der Waals surface area contributed by atoms with Gasteiger partial charge >= 0.3 is 12.3 Å². The second-order valence-corrected chi connectivity index (χ2v) is 13.0. The van der Waals surface area contributed by atoms with Gasteiger partial charge in [0.15, 0.2) is 11.5 Å². The number of hydrogen-bond donors (Lipinski definition) is 0. The van der Waals surface area contributed by atoms with Crippen LogP contribution in [0.1, 0.15) is 55.7 Å². The Labute approximate surface area is 260 Å². The van der Waals surface area contributed by atoms with E-state index in [0.717, 1.165) is 30.6 Å². The lowest BCUT2D eigenvalue weighted by Crippen LogP contribution is -2.79. The first-order valence-electron chi connectivity index (χ1n) is 15.6. The zero-order valence-corrected chi connectivity index (χ0v) is 25.6. The van der Waals surface area contributed by atoms with Crippen LogP contribution in [0.15, 0.2) is 42.5 Å². The maximum Gasteiger partial charge on any atom is 0.573 e. The molecule has 2 aromatic rings. The zero-order chi connectivity index (χ0) is 31.7. The fraction of sp³-hybridized carbons (Fsp3) is 0.529.